The number of nitrogens with one attached hydrogen (secondary N) is 2. The molecule has 0 atom stereocenters. The van der Waals surface area contributed by atoms with Gasteiger partial charge in [-0.15, -0.1) is 0 Å². The van der Waals surface area contributed by atoms with Crippen molar-refractivity contribution >= 4 is 17.6 Å². The summed E-state index contributed by atoms with van der Waals surface area (Å²) in [6.45, 7) is 1.48. The molecule has 0 fully saturated rings. The number of phenols is 1. The molecular formula is C18H18N2O5. The third-order valence-electron chi connectivity index (χ3n) is 3.29. The zero-order valence-corrected chi connectivity index (χ0v) is 13.6. The Kier molecular flexibility index (Phi) is 6.11. The number of amides is 2. The molecule has 25 heavy (non-hydrogen) atoms. The second kappa shape index (κ2) is 8.49. The first-order valence-electron chi connectivity index (χ1n) is 7.64. The second-order valence-electron chi connectivity index (χ2n) is 5.14. The van der Waals surface area contributed by atoms with E-state index in [1.54, 1.807) is 31.2 Å². The lowest BCUT2D eigenvalue weighted by atomic mass is 10.1. The van der Waals surface area contributed by atoms with E-state index in [0.717, 1.165) is 0 Å². The lowest BCUT2D eigenvalue weighted by Crippen LogP contribution is -2.43. The molecule has 0 aromatic heterocycles. The number of benzene rings is 2. The summed E-state index contributed by atoms with van der Waals surface area (Å²) in [5.74, 6) is -0.706. The predicted molar refractivity (Wildman–Crippen MR) is 90.3 cm³/mol. The third-order valence-corrected chi connectivity index (χ3v) is 3.29. The Bertz CT molecular complexity index is 771. The number of rotatable bonds is 6. The van der Waals surface area contributed by atoms with Gasteiger partial charge in [-0.2, -0.15) is 0 Å². The van der Waals surface area contributed by atoms with Crippen molar-refractivity contribution in [1.82, 2.24) is 10.9 Å². The number of carbonyl (C=O) groups excluding carboxylic acids is 3. The monoisotopic (exact) mass is 342 g/mol. The predicted octanol–water partition coefficient (Wildman–Crippen LogP) is 1.82. The average Bonchev–Trinajstić information content (AvgIpc) is 2.64. The fraction of sp³-hybridized carbons (Fsp3) is 0.167. The molecule has 2 aromatic rings. The zero-order chi connectivity index (χ0) is 18.2. The van der Waals surface area contributed by atoms with Gasteiger partial charge in [0.15, 0.2) is 12.4 Å². The highest BCUT2D eigenvalue weighted by atomic mass is 16.5. The van der Waals surface area contributed by atoms with Crippen LogP contribution < -0.4 is 15.6 Å². The van der Waals surface area contributed by atoms with Crippen molar-refractivity contribution in [1.29, 1.82) is 0 Å². The molecule has 0 aliphatic rings. The summed E-state index contributed by atoms with van der Waals surface area (Å²) in [6, 6.07) is 12.2. The van der Waals surface area contributed by atoms with E-state index in [4.69, 9.17) is 4.74 Å². The molecular weight excluding hydrogens is 324 g/mol. The molecule has 3 N–H and O–H groups in total. The summed E-state index contributed by atoms with van der Waals surface area (Å²) >= 11 is 0. The summed E-state index contributed by atoms with van der Waals surface area (Å²) < 4.78 is 5.28. The molecule has 7 heteroatoms. The highest BCUT2D eigenvalue weighted by Crippen LogP contribution is 2.13. The van der Waals surface area contributed by atoms with Gasteiger partial charge in [0.25, 0.3) is 11.8 Å². The van der Waals surface area contributed by atoms with Gasteiger partial charge < -0.3 is 9.84 Å². The summed E-state index contributed by atoms with van der Waals surface area (Å²) in [4.78, 5) is 35.0. The number of hydrazine groups is 1. The summed E-state index contributed by atoms with van der Waals surface area (Å²) in [7, 11) is 0. The summed E-state index contributed by atoms with van der Waals surface area (Å²) in [5.41, 5.74) is 5.22. The number of Topliss-reactive ketones (excluding diaryl/α,β-unsaturated/α-hetero) is 1. The van der Waals surface area contributed by atoms with E-state index in [1.807, 2.05) is 0 Å². The van der Waals surface area contributed by atoms with E-state index < -0.39 is 11.8 Å². The SMILES string of the molecule is CCC(=O)c1ccc(OCC(=O)NNC(=O)c2cccc(O)c2)cc1. The van der Waals surface area contributed by atoms with E-state index in [1.165, 1.54) is 24.3 Å². The Labute approximate surface area is 144 Å². The lowest BCUT2D eigenvalue weighted by molar-refractivity contribution is -0.123. The van der Waals surface area contributed by atoms with Crippen LogP contribution in [0.5, 0.6) is 11.5 Å². The minimum Gasteiger partial charge on any atom is -0.508 e. The molecule has 0 bridgehead atoms. The summed E-state index contributed by atoms with van der Waals surface area (Å²) in [5, 5.41) is 9.31. The molecule has 7 nitrogen and oxygen atoms in total. The Hall–Kier alpha value is -3.35. The summed E-state index contributed by atoms with van der Waals surface area (Å²) in [6.07, 6.45) is 0.418. The van der Waals surface area contributed by atoms with Crippen molar-refractivity contribution in [3.05, 3.63) is 59.7 Å². The normalized spacial score (nSPS) is 9.96. The van der Waals surface area contributed by atoms with Gasteiger partial charge in [0, 0.05) is 17.5 Å². The van der Waals surface area contributed by atoms with Crippen LogP contribution in [0.15, 0.2) is 48.5 Å². The van der Waals surface area contributed by atoms with Crippen LogP contribution in [0, 0.1) is 0 Å². The highest BCUT2D eigenvalue weighted by molar-refractivity contribution is 5.96. The van der Waals surface area contributed by atoms with Crippen LogP contribution in [0.1, 0.15) is 34.1 Å². The minimum atomic E-state index is -0.563. The number of ether oxygens (including phenoxy) is 1. The van der Waals surface area contributed by atoms with Crippen molar-refractivity contribution < 1.29 is 24.2 Å². The van der Waals surface area contributed by atoms with E-state index in [9.17, 15) is 19.5 Å². The molecule has 0 saturated carbocycles. The Morgan fingerprint density at radius 2 is 1.72 bits per heavy atom. The third kappa shape index (κ3) is 5.35. The number of carbonyl (C=O) groups is 3. The first kappa shape index (κ1) is 18.0. The van der Waals surface area contributed by atoms with Crippen LogP contribution in [-0.4, -0.2) is 29.3 Å². The molecule has 0 unspecified atom stereocenters. The number of hydrogen-bond acceptors (Lipinski definition) is 5. The Morgan fingerprint density at radius 1 is 1.00 bits per heavy atom. The molecule has 0 radical (unpaired) electrons. The van der Waals surface area contributed by atoms with Crippen molar-refractivity contribution in [2.75, 3.05) is 6.61 Å². The van der Waals surface area contributed by atoms with Gasteiger partial charge in [-0.3, -0.25) is 25.2 Å². The molecule has 0 spiro atoms. The van der Waals surface area contributed by atoms with Gasteiger partial charge in [-0.05, 0) is 42.5 Å². The highest BCUT2D eigenvalue weighted by Gasteiger charge is 2.09. The maximum absolute atomic E-state index is 11.8. The van der Waals surface area contributed by atoms with Crippen LogP contribution >= 0.6 is 0 Å². The van der Waals surface area contributed by atoms with Crippen LogP contribution in [0.3, 0.4) is 0 Å². The van der Waals surface area contributed by atoms with E-state index in [-0.39, 0.29) is 23.7 Å². The standard InChI is InChI=1S/C18H18N2O5/c1-2-16(22)12-6-8-15(9-7-12)25-11-17(23)19-20-18(24)13-4-3-5-14(21)10-13/h3-10,21H,2,11H2,1H3,(H,19,23)(H,20,24). The smallest absolute Gasteiger partial charge is 0.276 e. The molecule has 2 rings (SSSR count). The Morgan fingerprint density at radius 3 is 2.36 bits per heavy atom. The molecule has 0 aliphatic carbocycles. The van der Waals surface area contributed by atoms with Gasteiger partial charge in [0.05, 0.1) is 0 Å². The molecule has 2 amide bonds. The number of phenolic OH excluding ortho intramolecular Hbond substituents is 1. The van der Waals surface area contributed by atoms with Crippen LogP contribution in [0.4, 0.5) is 0 Å². The number of aromatic hydroxyl groups is 1. The molecule has 130 valence electrons. The average molecular weight is 342 g/mol. The maximum atomic E-state index is 11.8. The van der Waals surface area contributed by atoms with Gasteiger partial charge in [0.2, 0.25) is 0 Å². The van der Waals surface area contributed by atoms with Crippen molar-refractivity contribution in [2.24, 2.45) is 0 Å². The van der Waals surface area contributed by atoms with Crippen LogP contribution in [0.2, 0.25) is 0 Å². The zero-order valence-electron chi connectivity index (χ0n) is 13.6. The van der Waals surface area contributed by atoms with Crippen molar-refractivity contribution in [2.45, 2.75) is 13.3 Å². The topological polar surface area (TPSA) is 105 Å². The lowest BCUT2D eigenvalue weighted by Gasteiger charge is -2.09. The molecule has 0 aliphatic heterocycles. The first-order valence-corrected chi connectivity index (χ1v) is 7.64. The van der Waals surface area contributed by atoms with E-state index >= 15 is 0 Å². The first-order chi connectivity index (χ1) is 12.0. The molecule has 2 aromatic carbocycles. The number of hydrogen-bond donors (Lipinski definition) is 3. The fourth-order valence-corrected chi connectivity index (χ4v) is 1.97. The van der Waals surface area contributed by atoms with Gasteiger partial charge in [-0.25, -0.2) is 0 Å². The fourth-order valence-electron chi connectivity index (χ4n) is 1.97. The minimum absolute atomic E-state index is 0.0268. The molecule has 0 heterocycles. The van der Waals surface area contributed by atoms with Gasteiger partial charge in [0.1, 0.15) is 11.5 Å². The van der Waals surface area contributed by atoms with E-state index in [0.29, 0.717) is 17.7 Å². The second-order valence-corrected chi connectivity index (χ2v) is 5.14. The van der Waals surface area contributed by atoms with Crippen LogP contribution in [-0.2, 0) is 4.79 Å². The number of ketones is 1. The van der Waals surface area contributed by atoms with Gasteiger partial charge >= 0.3 is 0 Å². The largest absolute Gasteiger partial charge is 0.508 e. The Balaban J connectivity index is 1.79. The van der Waals surface area contributed by atoms with E-state index in [2.05, 4.69) is 10.9 Å². The van der Waals surface area contributed by atoms with Crippen molar-refractivity contribution in [3.8, 4) is 11.5 Å². The quantitative estimate of drug-likeness (QED) is 0.549. The maximum Gasteiger partial charge on any atom is 0.276 e. The van der Waals surface area contributed by atoms with Gasteiger partial charge in [-0.1, -0.05) is 13.0 Å². The van der Waals surface area contributed by atoms with Crippen LogP contribution in [0.25, 0.3) is 0 Å². The molecule has 0 saturated heterocycles. The van der Waals surface area contributed by atoms with Crippen molar-refractivity contribution in [3.63, 3.8) is 0 Å².